The van der Waals surface area contributed by atoms with E-state index in [2.05, 4.69) is 24.1 Å². The van der Waals surface area contributed by atoms with Gasteiger partial charge in [-0.2, -0.15) is 0 Å². The number of nitrogens with one attached hydrogen (secondary N) is 1. The number of rotatable bonds is 6. The molecule has 1 fully saturated rings. The highest BCUT2D eigenvalue weighted by atomic mass is 16.6. The largest absolute Gasteiger partial charge is 0.444 e. The van der Waals surface area contributed by atoms with Gasteiger partial charge < -0.3 is 15.8 Å². The molecule has 1 amide bonds. The molecule has 2 unspecified atom stereocenters. The lowest BCUT2D eigenvalue weighted by molar-refractivity contribution is 0.0522. The zero-order chi connectivity index (χ0) is 17.5. The van der Waals surface area contributed by atoms with E-state index in [0.717, 1.165) is 31.3 Å². The Morgan fingerprint density at radius 3 is 2.57 bits per heavy atom. The summed E-state index contributed by atoms with van der Waals surface area (Å²) in [4.78, 5) is 14.2. The Morgan fingerprint density at radius 1 is 1.30 bits per heavy atom. The molecule has 1 aliphatic heterocycles. The Bertz CT molecular complexity index is 353. The van der Waals surface area contributed by atoms with Crippen LogP contribution in [0.5, 0.6) is 0 Å². The minimum Gasteiger partial charge on any atom is -0.444 e. The second-order valence-electron chi connectivity index (χ2n) is 8.08. The van der Waals surface area contributed by atoms with Crippen LogP contribution in [0.15, 0.2) is 0 Å². The molecule has 1 saturated heterocycles. The van der Waals surface area contributed by atoms with Gasteiger partial charge in [0.25, 0.3) is 0 Å². The van der Waals surface area contributed by atoms with Crippen LogP contribution in [0.25, 0.3) is 0 Å². The monoisotopic (exact) mass is 327 g/mol. The van der Waals surface area contributed by atoms with Crippen molar-refractivity contribution < 1.29 is 9.53 Å². The molecule has 1 aliphatic rings. The molecule has 0 aliphatic carbocycles. The number of likely N-dealkylation sites (tertiary alicyclic amines) is 1. The van der Waals surface area contributed by atoms with E-state index < -0.39 is 5.60 Å². The summed E-state index contributed by atoms with van der Waals surface area (Å²) in [6.45, 7) is 13.8. The molecule has 0 aromatic carbocycles. The molecule has 0 bridgehead atoms. The molecule has 1 heterocycles. The lowest BCUT2D eigenvalue weighted by Crippen LogP contribution is -2.44. The lowest BCUT2D eigenvalue weighted by atomic mass is 9.89. The van der Waals surface area contributed by atoms with Gasteiger partial charge >= 0.3 is 6.09 Å². The molecule has 5 nitrogen and oxygen atoms in total. The molecule has 0 spiro atoms. The molecule has 1 rings (SSSR count). The van der Waals surface area contributed by atoms with Gasteiger partial charge in [0.05, 0.1) is 0 Å². The van der Waals surface area contributed by atoms with Gasteiger partial charge in [-0.15, -0.1) is 0 Å². The summed E-state index contributed by atoms with van der Waals surface area (Å²) in [5.41, 5.74) is 5.53. The third-order valence-corrected chi connectivity index (χ3v) is 4.68. The first-order valence-corrected chi connectivity index (χ1v) is 9.14. The first-order chi connectivity index (χ1) is 10.7. The van der Waals surface area contributed by atoms with E-state index in [1.54, 1.807) is 0 Å². The minimum atomic E-state index is -0.450. The Labute approximate surface area is 142 Å². The molecule has 136 valence electrons. The smallest absolute Gasteiger partial charge is 0.407 e. The number of ether oxygens (including phenoxy) is 1. The predicted octanol–water partition coefficient (Wildman–Crippen LogP) is 2.99. The van der Waals surface area contributed by atoms with Crippen LogP contribution in [0.1, 0.15) is 60.3 Å². The quantitative estimate of drug-likeness (QED) is 0.787. The fourth-order valence-electron chi connectivity index (χ4n) is 3.28. The standard InChI is InChI=1S/C18H37N3O2/c1-14(2)15-7-6-11-21(12-9-15)16(13-19)8-10-20-17(22)23-18(3,4)5/h14-16H,6-13,19H2,1-5H3,(H,20,22). The molecule has 3 N–H and O–H groups in total. The first-order valence-electron chi connectivity index (χ1n) is 9.14. The van der Waals surface area contributed by atoms with Crippen molar-refractivity contribution in [2.45, 2.75) is 71.9 Å². The van der Waals surface area contributed by atoms with Crippen molar-refractivity contribution in [3.05, 3.63) is 0 Å². The summed E-state index contributed by atoms with van der Waals surface area (Å²) in [7, 11) is 0. The van der Waals surface area contributed by atoms with Crippen LogP contribution in [0, 0.1) is 11.8 Å². The highest BCUT2D eigenvalue weighted by Crippen LogP contribution is 2.25. The van der Waals surface area contributed by atoms with Crippen LogP contribution in [0.4, 0.5) is 4.79 Å². The maximum absolute atomic E-state index is 11.7. The van der Waals surface area contributed by atoms with Crippen LogP contribution < -0.4 is 11.1 Å². The number of amides is 1. The van der Waals surface area contributed by atoms with Crippen LogP contribution >= 0.6 is 0 Å². The fraction of sp³-hybridized carbons (Fsp3) is 0.944. The number of hydrogen-bond donors (Lipinski definition) is 2. The summed E-state index contributed by atoms with van der Waals surface area (Å²) in [5, 5.41) is 2.84. The van der Waals surface area contributed by atoms with Crippen LogP contribution in [0.2, 0.25) is 0 Å². The highest BCUT2D eigenvalue weighted by Gasteiger charge is 2.24. The number of nitrogens with two attached hydrogens (primary N) is 1. The Hall–Kier alpha value is -0.810. The van der Waals surface area contributed by atoms with Crippen LogP contribution in [-0.2, 0) is 4.74 Å². The van der Waals surface area contributed by atoms with Crippen molar-refractivity contribution in [1.29, 1.82) is 0 Å². The minimum absolute atomic E-state index is 0.343. The highest BCUT2D eigenvalue weighted by molar-refractivity contribution is 5.67. The van der Waals surface area contributed by atoms with Crippen LogP contribution in [-0.4, -0.2) is 48.8 Å². The summed E-state index contributed by atoms with van der Waals surface area (Å²) in [6.07, 6.45) is 4.36. The van der Waals surface area contributed by atoms with Crippen molar-refractivity contribution in [3.63, 3.8) is 0 Å². The Kier molecular flexibility index (Phi) is 8.34. The van der Waals surface area contributed by atoms with Gasteiger partial charge in [0.1, 0.15) is 5.60 Å². The normalized spacial score (nSPS) is 21.8. The van der Waals surface area contributed by atoms with Gasteiger partial charge in [0, 0.05) is 19.1 Å². The van der Waals surface area contributed by atoms with E-state index in [1.165, 1.54) is 19.3 Å². The van der Waals surface area contributed by atoms with E-state index >= 15 is 0 Å². The Morgan fingerprint density at radius 2 is 2.00 bits per heavy atom. The van der Waals surface area contributed by atoms with Crippen molar-refractivity contribution in [3.8, 4) is 0 Å². The third kappa shape index (κ3) is 8.02. The summed E-state index contributed by atoms with van der Waals surface area (Å²) >= 11 is 0. The lowest BCUT2D eigenvalue weighted by Gasteiger charge is -2.30. The van der Waals surface area contributed by atoms with Crippen LogP contribution in [0.3, 0.4) is 0 Å². The number of alkyl carbamates (subject to hydrolysis) is 1. The topological polar surface area (TPSA) is 67.6 Å². The first kappa shape index (κ1) is 20.2. The predicted molar refractivity (Wildman–Crippen MR) is 95.4 cm³/mol. The third-order valence-electron chi connectivity index (χ3n) is 4.68. The van der Waals surface area contributed by atoms with Crippen molar-refractivity contribution in [1.82, 2.24) is 10.2 Å². The maximum Gasteiger partial charge on any atom is 0.407 e. The molecule has 5 heteroatoms. The fourth-order valence-corrected chi connectivity index (χ4v) is 3.28. The van der Waals surface area contributed by atoms with Gasteiger partial charge in [0.2, 0.25) is 0 Å². The van der Waals surface area contributed by atoms with E-state index in [-0.39, 0.29) is 6.09 Å². The van der Waals surface area contributed by atoms with E-state index in [0.29, 0.717) is 19.1 Å². The number of nitrogens with zero attached hydrogens (tertiary/aromatic N) is 1. The van der Waals surface area contributed by atoms with Gasteiger partial charge in [-0.3, -0.25) is 4.90 Å². The van der Waals surface area contributed by atoms with Crippen molar-refractivity contribution in [2.24, 2.45) is 17.6 Å². The molecular formula is C18H37N3O2. The number of carbonyl (C=O) groups excluding carboxylic acids is 1. The van der Waals surface area contributed by atoms with Gasteiger partial charge in [-0.05, 0) is 71.4 Å². The average Bonchev–Trinajstić information content (AvgIpc) is 2.67. The number of hydrogen-bond acceptors (Lipinski definition) is 4. The molecular weight excluding hydrogens is 290 g/mol. The van der Waals surface area contributed by atoms with E-state index in [9.17, 15) is 4.79 Å². The SMILES string of the molecule is CC(C)C1CCCN(C(CN)CCNC(=O)OC(C)(C)C)CC1. The van der Waals surface area contributed by atoms with E-state index in [1.807, 2.05) is 20.8 Å². The molecule has 2 atom stereocenters. The van der Waals surface area contributed by atoms with Crippen molar-refractivity contribution >= 4 is 6.09 Å². The van der Waals surface area contributed by atoms with Gasteiger partial charge in [-0.25, -0.2) is 4.79 Å². The molecule has 0 radical (unpaired) electrons. The second-order valence-corrected chi connectivity index (χ2v) is 8.08. The maximum atomic E-state index is 11.7. The van der Waals surface area contributed by atoms with Crippen molar-refractivity contribution in [2.75, 3.05) is 26.2 Å². The number of carbonyl (C=O) groups is 1. The van der Waals surface area contributed by atoms with E-state index in [4.69, 9.17) is 10.5 Å². The zero-order valence-corrected chi connectivity index (χ0v) is 15.7. The van der Waals surface area contributed by atoms with Gasteiger partial charge in [0.15, 0.2) is 0 Å². The molecule has 0 aromatic heterocycles. The average molecular weight is 328 g/mol. The zero-order valence-electron chi connectivity index (χ0n) is 15.7. The summed E-state index contributed by atoms with van der Waals surface area (Å²) in [6, 6.07) is 0.343. The van der Waals surface area contributed by atoms with Gasteiger partial charge in [-0.1, -0.05) is 13.8 Å². The molecule has 0 saturated carbocycles. The second kappa shape index (κ2) is 9.48. The molecule has 23 heavy (non-hydrogen) atoms. The molecule has 0 aromatic rings. The summed E-state index contributed by atoms with van der Waals surface area (Å²) < 4.78 is 5.26. The summed E-state index contributed by atoms with van der Waals surface area (Å²) in [5.74, 6) is 1.60. The Balaban J connectivity index is 2.37.